The largest absolute Gasteiger partial charge is 0.312 e. The maximum absolute atomic E-state index is 3.93. The third kappa shape index (κ3) is 9.80. The van der Waals surface area contributed by atoms with Crippen LogP contribution >= 0.6 is 0 Å². The van der Waals surface area contributed by atoms with E-state index in [0.29, 0.717) is 0 Å². The minimum Gasteiger partial charge on any atom is -0.312 e. The average Bonchev–Trinajstić information content (AvgIpc) is 2.42. The van der Waals surface area contributed by atoms with Crippen LogP contribution in [-0.4, -0.2) is 12.1 Å². The van der Waals surface area contributed by atoms with Crippen LogP contribution < -0.4 is 5.32 Å². The first-order chi connectivity index (χ1) is 9.83. The van der Waals surface area contributed by atoms with Gasteiger partial charge >= 0.3 is 0 Å². The first kappa shape index (κ1) is 18.0. The predicted octanol–water partition coefficient (Wildman–Crippen LogP) is 6.22. The molecule has 1 nitrogen and oxygen atoms in total. The van der Waals surface area contributed by atoms with Crippen molar-refractivity contribution in [3.05, 3.63) is 0 Å². The summed E-state index contributed by atoms with van der Waals surface area (Å²) >= 11 is 0. The van der Waals surface area contributed by atoms with Crippen LogP contribution in [0.5, 0.6) is 0 Å². The molecule has 0 saturated heterocycles. The number of unbranched alkanes of at least 4 members (excludes halogenated alkanes) is 2. The molecule has 1 N–H and O–H groups in total. The van der Waals surface area contributed by atoms with E-state index in [2.05, 4.69) is 19.2 Å². The highest BCUT2D eigenvalue weighted by atomic mass is 14.9. The lowest BCUT2D eigenvalue weighted by molar-refractivity contribution is 0.357. The number of hydrogen-bond acceptors (Lipinski definition) is 1. The summed E-state index contributed by atoms with van der Waals surface area (Å²) in [6.07, 6.45) is 21.5. The van der Waals surface area contributed by atoms with Gasteiger partial charge in [0.25, 0.3) is 0 Å². The second kappa shape index (κ2) is 12.7. The molecule has 1 aliphatic carbocycles. The molecule has 1 saturated carbocycles. The van der Waals surface area contributed by atoms with Crippen LogP contribution in [0.25, 0.3) is 0 Å². The van der Waals surface area contributed by atoms with Gasteiger partial charge in [0.05, 0.1) is 0 Å². The van der Waals surface area contributed by atoms with Gasteiger partial charge in [-0.1, -0.05) is 84.0 Å². The van der Waals surface area contributed by atoms with Gasteiger partial charge in [0, 0.05) is 12.1 Å². The number of nitrogens with one attached hydrogen (secondary N) is 1. The molecule has 0 aromatic rings. The van der Waals surface area contributed by atoms with Gasteiger partial charge in [-0.25, -0.2) is 0 Å². The minimum atomic E-state index is 0.722. The first-order valence-corrected chi connectivity index (χ1v) is 9.59. The van der Waals surface area contributed by atoms with Crippen molar-refractivity contribution in [1.82, 2.24) is 5.32 Å². The van der Waals surface area contributed by atoms with Gasteiger partial charge in [-0.3, -0.25) is 0 Å². The molecular weight excluding hydrogens is 242 g/mol. The van der Waals surface area contributed by atoms with Crippen molar-refractivity contribution in [3.63, 3.8) is 0 Å². The van der Waals surface area contributed by atoms with Crippen molar-refractivity contribution in [3.8, 4) is 0 Å². The molecule has 1 unspecified atom stereocenters. The normalized spacial score (nSPS) is 21.9. The molecule has 120 valence electrons. The highest BCUT2D eigenvalue weighted by Crippen LogP contribution is 2.17. The average molecular weight is 282 g/mol. The van der Waals surface area contributed by atoms with Crippen LogP contribution in [0.2, 0.25) is 0 Å². The standard InChI is InChI=1S/C19H39N/c1-3-4-12-15-18(2)20-19-16-13-10-8-6-5-7-9-11-14-17-19/h18-20H,3-17H2,1-2H3. The number of hydrogen-bond donors (Lipinski definition) is 1. The van der Waals surface area contributed by atoms with E-state index in [1.54, 1.807) is 0 Å². The molecule has 0 radical (unpaired) electrons. The van der Waals surface area contributed by atoms with E-state index in [1.807, 2.05) is 0 Å². The van der Waals surface area contributed by atoms with E-state index in [4.69, 9.17) is 0 Å². The molecule has 0 spiro atoms. The van der Waals surface area contributed by atoms with Crippen molar-refractivity contribution >= 4 is 0 Å². The fraction of sp³-hybridized carbons (Fsp3) is 1.00. The molecule has 20 heavy (non-hydrogen) atoms. The lowest BCUT2D eigenvalue weighted by atomic mass is 9.97. The van der Waals surface area contributed by atoms with Gasteiger partial charge in [0.2, 0.25) is 0 Å². The van der Waals surface area contributed by atoms with E-state index in [-0.39, 0.29) is 0 Å². The molecule has 0 aromatic carbocycles. The molecule has 1 aliphatic rings. The van der Waals surface area contributed by atoms with Gasteiger partial charge in [0.1, 0.15) is 0 Å². The van der Waals surface area contributed by atoms with Gasteiger partial charge in [0.15, 0.2) is 0 Å². The van der Waals surface area contributed by atoms with Crippen LogP contribution in [0.4, 0.5) is 0 Å². The Hall–Kier alpha value is -0.0400. The fourth-order valence-electron chi connectivity index (χ4n) is 3.52. The van der Waals surface area contributed by atoms with E-state index < -0.39 is 0 Å². The molecule has 1 atom stereocenters. The molecule has 1 rings (SSSR count). The van der Waals surface area contributed by atoms with Gasteiger partial charge in [-0.15, -0.1) is 0 Å². The molecule has 0 heterocycles. The topological polar surface area (TPSA) is 12.0 Å². The van der Waals surface area contributed by atoms with Crippen LogP contribution in [0.1, 0.15) is 110 Å². The van der Waals surface area contributed by atoms with Crippen molar-refractivity contribution in [2.24, 2.45) is 0 Å². The Bertz CT molecular complexity index is 190. The van der Waals surface area contributed by atoms with Gasteiger partial charge in [-0.2, -0.15) is 0 Å². The Balaban J connectivity index is 2.23. The summed E-state index contributed by atoms with van der Waals surface area (Å²) in [5.41, 5.74) is 0. The Kier molecular flexibility index (Phi) is 11.4. The maximum atomic E-state index is 3.93. The molecule has 1 fully saturated rings. The summed E-state index contributed by atoms with van der Waals surface area (Å²) < 4.78 is 0. The maximum Gasteiger partial charge on any atom is 0.00695 e. The molecule has 0 bridgehead atoms. The molecule has 1 heteroatoms. The van der Waals surface area contributed by atoms with Crippen LogP contribution in [0.15, 0.2) is 0 Å². The lowest BCUT2D eigenvalue weighted by Gasteiger charge is -2.24. The summed E-state index contributed by atoms with van der Waals surface area (Å²) in [7, 11) is 0. The van der Waals surface area contributed by atoms with E-state index in [9.17, 15) is 0 Å². The summed E-state index contributed by atoms with van der Waals surface area (Å²) in [6.45, 7) is 4.69. The Morgan fingerprint density at radius 1 is 0.800 bits per heavy atom. The van der Waals surface area contributed by atoms with Crippen molar-refractivity contribution < 1.29 is 0 Å². The van der Waals surface area contributed by atoms with Crippen molar-refractivity contribution in [2.45, 2.75) is 122 Å². The van der Waals surface area contributed by atoms with E-state index >= 15 is 0 Å². The summed E-state index contributed by atoms with van der Waals surface area (Å²) in [5, 5.41) is 3.93. The third-order valence-electron chi connectivity index (χ3n) is 4.87. The monoisotopic (exact) mass is 281 g/mol. The molecule has 0 amide bonds. The fourth-order valence-corrected chi connectivity index (χ4v) is 3.52. The SMILES string of the molecule is CCCCCC(C)NC1CCCCCCCCCCC1. The summed E-state index contributed by atoms with van der Waals surface area (Å²) in [6, 6.07) is 1.52. The first-order valence-electron chi connectivity index (χ1n) is 9.59. The zero-order valence-corrected chi connectivity index (χ0v) is 14.3. The van der Waals surface area contributed by atoms with Crippen molar-refractivity contribution in [2.75, 3.05) is 0 Å². The van der Waals surface area contributed by atoms with Crippen LogP contribution in [0.3, 0.4) is 0 Å². The summed E-state index contributed by atoms with van der Waals surface area (Å²) in [4.78, 5) is 0. The second-order valence-corrected chi connectivity index (χ2v) is 7.02. The highest BCUT2D eigenvalue weighted by molar-refractivity contribution is 4.72. The molecule has 0 aliphatic heterocycles. The van der Waals surface area contributed by atoms with E-state index in [1.165, 1.54) is 96.3 Å². The van der Waals surface area contributed by atoms with Crippen molar-refractivity contribution in [1.29, 1.82) is 0 Å². The Labute approximate surface area is 128 Å². The summed E-state index contributed by atoms with van der Waals surface area (Å²) in [5.74, 6) is 0. The Morgan fingerprint density at radius 3 is 1.80 bits per heavy atom. The third-order valence-corrected chi connectivity index (χ3v) is 4.87. The second-order valence-electron chi connectivity index (χ2n) is 7.02. The zero-order valence-electron chi connectivity index (χ0n) is 14.3. The lowest BCUT2D eigenvalue weighted by Crippen LogP contribution is -2.36. The smallest absolute Gasteiger partial charge is 0.00695 e. The highest BCUT2D eigenvalue weighted by Gasteiger charge is 2.12. The van der Waals surface area contributed by atoms with E-state index in [0.717, 1.165) is 12.1 Å². The quantitative estimate of drug-likeness (QED) is 0.570. The zero-order chi connectivity index (χ0) is 14.5. The van der Waals surface area contributed by atoms with Crippen LogP contribution in [0, 0.1) is 0 Å². The van der Waals surface area contributed by atoms with Gasteiger partial charge < -0.3 is 5.32 Å². The van der Waals surface area contributed by atoms with Crippen LogP contribution in [-0.2, 0) is 0 Å². The van der Waals surface area contributed by atoms with Gasteiger partial charge in [-0.05, 0) is 26.2 Å². The molecular formula is C19H39N. The Morgan fingerprint density at radius 2 is 1.30 bits per heavy atom. The minimum absolute atomic E-state index is 0.722. The predicted molar refractivity (Wildman–Crippen MR) is 91.3 cm³/mol. The molecule has 0 aromatic heterocycles. The number of rotatable bonds is 6.